The molecule has 0 aliphatic carbocycles. The average Bonchev–Trinajstić information content (AvgIpc) is 3.23. The summed E-state index contributed by atoms with van der Waals surface area (Å²) >= 11 is 12.5. The van der Waals surface area contributed by atoms with Crippen LogP contribution in [0.2, 0.25) is 5.02 Å². The Labute approximate surface area is 173 Å². The van der Waals surface area contributed by atoms with E-state index in [1.807, 2.05) is 42.5 Å². The molecule has 5 nitrogen and oxygen atoms in total. The molecule has 2 aromatic carbocycles. The van der Waals surface area contributed by atoms with Gasteiger partial charge in [0, 0.05) is 17.1 Å². The zero-order valence-electron chi connectivity index (χ0n) is 15.1. The molecule has 1 amide bonds. The molecule has 28 heavy (non-hydrogen) atoms. The Hall–Kier alpha value is -2.37. The van der Waals surface area contributed by atoms with Crippen LogP contribution >= 0.6 is 23.2 Å². The maximum absolute atomic E-state index is 13.1. The van der Waals surface area contributed by atoms with Gasteiger partial charge in [-0.25, -0.2) is 0 Å². The molecule has 3 aromatic rings. The van der Waals surface area contributed by atoms with Gasteiger partial charge in [0.1, 0.15) is 11.4 Å². The molecule has 0 spiro atoms. The number of alkyl halides is 1. The highest BCUT2D eigenvalue weighted by molar-refractivity contribution is 6.31. The predicted molar refractivity (Wildman–Crippen MR) is 108 cm³/mol. The van der Waals surface area contributed by atoms with Crippen molar-refractivity contribution >= 4 is 29.1 Å². The first-order chi connectivity index (χ1) is 13.6. The number of aromatic nitrogens is 2. The van der Waals surface area contributed by atoms with Gasteiger partial charge in [-0.05, 0) is 37.0 Å². The molecule has 1 aliphatic heterocycles. The third kappa shape index (κ3) is 3.91. The van der Waals surface area contributed by atoms with Gasteiger partial charge in [-0.3, -0.25) is 4.79 Å². The molecule has 144 valence electrons. The van der Waals surface area contributed by atoms with Crippen LogP contribution in [0.25, 0.3) is 11.4 Å². The molecule has 2 atom stereocenters. The fraction of sp³-hybridized carbons (Fsp3) is 0.286. The number of carbonyl (C=O) groups is 1. The molecular formula is C21H19Cl2N3O2. The lowest BCUT2D eigenvalue weighted by molar-refractivity contribution is -0.135. The Kier molecular flexibility index (Phi) is 5.64. The topological polar surface area (TPSA) is 59.2 Å². The molecule has 0 radical (unpaired) electrons. The smallest absolute Gasteiger partial charge is 0.249 e. The summed E-state index contributed by atoms with van der Waals surface area (Å²) in [5.41, 5.74) is 1.55. The molecule has 0 bridgehead atoms. The Balaban J connectivity index is 1.58. The van der Waals surface area contributed by atoms with Crippen molar-refractivity contribution in [2.24, 2.45) is 0 Å². The average molecular weight is 416 g/mol. The number of carbonyl (C=O) groups excluding carboxylic acids is 1. The van der Waals surface area contributed by atoms with Gasteiger partial charge in [-0.1, -0.05) is 59.2 Å². The van der Waals surface area contributed by atoms with E-state index in [1.54, 1.807) is 17.0 Å². The van der Waals surface area contributed by atoms with Crippen LogP contribution in [-0.2, 0) is 4.79 Å². The second kappa shape index (κ2) is 8.33. The number of hydrogen-bond donors (Lipinski definition) is 0. The van der Waals surface area contributed by atoms with Crippen molar-refractivity contribution in [3.63, 3.8) is 0 Å². The quantitative estimate of drug-likeness (QED) is 0.533. The van der Waals surface area contributed by atoms with Crippen molar-refractivity contribution in [2.75, 3.05) is 6.54 Å². The van der Waals surface area contributed by atoms with E-state index in [0.717, 1.165) is 30.4 Å². The van der Waals surface area contributed by atoms with Gasteiger partial charge in [0.05, 0.1) is 0 Å². The summed E-state index contributed by atoms with van der Waals surface area (Å²) in [4.78, 5) is 19.4. The molecule has 1 saturated heterocycles. The maximum atomic E-state index is 13.1. The third-order valence-corrected chi connectivity index (χ3v) is 5.58. The van der Waals surface area contributed by atoms with E-state index in [-0.39, 0.29) is 11.9 Å². The molecule has 2 unspecified atom stereocenters. The minimum absolute atomic E-state index is 0.139. The zero-order valence-corrected chi connectivity index (χ0v) is 16.6. The van der Waals surface area contributed by atoms with Gasteiger partial charge in [0.25, 0.3) is 0 Å². The fourth-order valence-electron chi connectivity index (χ4n) is 3.48. The monoisotopic (exact) mass is 415 g/mol. The largest absolute Gasteiger partial charge is 0.337 e. The van der Waals surface area contributed by atoms with Gasteiger partial charge in [0.15, 0.2) is 0 Å². The second-order valence-corrected chi connectivity index (χ2v) is 7.66. The summed E-state index contributed by atoms with van der Waals surface area (Å²) < 4.78 is 5.52. The van der Waals surface area contributed by atoms with Crippen LogP contribution < -0.4 is 0 Å². The summed E-state index contributed by atoms with van der Waals surface area (Å²) in [7, 11) is 0. The number of nitrogens with zero attached hydrogens (tertiary/aromatic N) is 3. The summed E-state index contributed by atoms with van der Waals surface area (Å²) in [6.45, 7) is 0.619. The minimum Gasteiger partial charge on any atom is -0.337 e. The van der Waals surface area contributed by atoms with Gasteiger partial charge in [-0.15, -0.1) is 11.6 Å². The normalized spacial score (nSPS) is 18.1. The lowest BCUT2D eigenvalue weighted by Crippen LogP contribution is -2.40. The van der Waals surface area contributed by atoms with Crippen molar-refractivity contribution in [3.05, 3.63) is 71.1 Å². The van der Waals surface area contributed by atoms with E-state index in [1.165, 1.54) is 0 Å². The number of likely N-dealkylation sites (tertiary alicyclic amines) is 1. The molecule has 7 heteroatoms. The number of piperidine rings is 1. The maximum Gasteiger partial charge on any atom is 0.249 e. The lowest BCUT2D eigenvalue weighted by Gasteiger charge is -2.34. The van der Waals surface area contributed by atoms with Crippen LogP contribution in [0.5, 0.6) is 0 Å². The van der Waals surface area contributed by atoms with Gasteiger partial charge in [-0.2, -0.15) is 4.98 Å². The first-order valence-corrected chi connectivity index (χ1v) is 10.0. The first-order valence-electron chi connectivity index (χ1n) is 9.22. The number of hydrogen-bond acceptors (Lipinski definition) is 4. The minimum atomic E-state index is -0.739. The van der Waals surface area contributed by atoms with E-state index in [2.05, 4.69) is 10.1 Å². The van der Waals surface area contributed by atoms with Gasteiger partial charge < -0.3 is 9.42 Å². The molecule has 0 saturated carbocycles. The molecule has 1 aliphatic rings. The Morgan fingerprint density at radius 1 is 1.14 bits per heavy atom. The zero-order chi connectivity index (χ0) is 19.5. The molecule has 4 rings (SSSR count). The van der Waals surface area contributed by atoms with E-state index in [4.69, 9.17) is 27.7 Å². The van der Waals surface area contributed by atoms with Crippen LogP contribution in [0.4, 0.5) is 0 Å². The lowest BCUT2D eigenvalue weighted by atomic mass is 10.0. The standard InChI is InChI=1S/C21H19Cl2N3O2/c22-16-10-6-9-15(13-16)19-24-20(28-25-19)17-11-4-5-12-26(17)21(27)18(23)14-7-2-1-3-8-14/h1-3,6-10,13,17-18H,4-5,11-12H2. The molecule has 1 aromatic heterocycles. The van der Waals surface area contributed by atoms with E-state index >= 15 is 0 Å². The van der Waals surface area contributed by atoms with Crippen molar-refractivity contribution in [1.82, 2.24) is 15.0 Å². The summed E-state index contributed by atoms with van der Waals surface area (Å²) in [5, 5.41) is 3.95. The number of benzene rings is 2. The third-order valence-electron chi connectivity index (χ3n) is 4.90. The number of amides is 1. The summed E-state index contributed by atoms with van der Waals surface area (Å²) in [6.07, 6.45) is 2.68. The summed E-state index contributed by atoms with van der Waals surface area (Å²) in [5.74, 6) is 0.751. The molecule has 2 heterocycles. The van der Waals surface area contributed by atoms with Gasteiger partial charge in [0.2, 0.25) is 17.6 Å². The second-order valence-electron chi connectivity index (χ2n) is 6.78. The van der Waals surface area contributed by atoms with E-state index < -0.39 is 5.38 Å². The van der Waals surface area contributed by atoms with Crippen molar-refractivity contribution < 1.29 is 9.32 Å². The molecule has 0 N–H and O–H groups in total. The fourth-order valence-corrected chi connectivity index (χ4v) is 3.94. The highest BCUT2D eigenvalue weighted by Gasteiger charge is 2.35. The highest BCUT2D eigenvalue weighted by Crippen LogP contribution is 2.35. The predicted octanol–water partition coefficient (Wildman–Crippen LogP) is 5.42. The Bertz CT molecular complexity index is 961. The summed E-state index contributed by atoms with van der Waals surface area (Å²) in [6, 6.07) is 16.4. The van der Waals surface area contributed by atoms with Crippen LogP contribution in [0, 0.1) is 0 Å². The first kappa shape index (κ1) is 19.0. The SMILES string of the molecule is O=C(C(Cl)c1ccccc1)N1CCCCC1c1nc(-c2cccc(Cl)c2)no1. The van der Waals surface area contributed by atoms with Crippen LogP contribution in [-0.4, -0.2) is 27.5 Å². The molecular weight excluding hydrogens is 397 g/mol. The van der Waals surface area contributed by atoms with Crippen LogP contribution in [0.15, 0.2) is 59.1 Å². The van der Waals surface area contributed by atoms with E-state index in [9.17, 15) is 4.79 Å². The highest BCUT2D eigenvalue weighted by atomic mass is 35.5. The Morgan fingerprint density at radius 2 is 1.96 bits per heavy atom. The van der Waals surface area contributed by atoms with E-state index in [0.29, 0.717) is 23.3 Å². The van der Waals surface area contributed by atoms with Crippen molar-refractivity contribution in [2.45, 2.75) is 30.7 Å². The van der Waals surface area contributed by atoms with Crippen LogP contribution in [0.1, 0.15) is 42.1 Å². The Morgan fingerprint density at radius 3 is 2.75 bits per heavy atom. The van der Waals surface area contributed by atoms with Crippen LogP contribution in [0.3, 0.4) is 0 Å². The number of halogens is 2. The van der Waals surface area contributed by atoms with Gasteiger partial charge >= 0.3 is 0 Å². The van der Waals surface area contributed by atoms with Crippen molar-refractivity contribution in [1.29, 1.82) is 0 Å². The number of rotatable bonds is 4. The molecule has 1 fully saturated rings. The van der Waals surface area contributed by atoms with Crippen molar-refractivity contribution in [3.8, 4) is 11.4 Å².